The Hall–Kier alpha value is -1.55. The Balaban J connectivity index is 2.90. The third kappa shape index (κ3) is 2.97. The van der Waals surface area contributed by atoms with E-state index in [4.69, 9.17) is 15.2 Å². The largest absolute Gasteiger partial charge is 0.493 e. The first-order chi connectivity index (χ1) is 7.74. The minimum Gasteiger partial charge on any atom is -0.493 e. The second-order valence-corrected chi connectivity index (χ2v) is 3.34. The van der Waals surface area contributed by atoms with Crippen LogP contribution >= 0.6 is 0 Å². The van der Waals surface area contributed by atoms with Gasteiger partial charge in [-0.1, -0.05) is 6.07 Å². The van der Waals surface area contributed by atoms with Crippen LogP contribution in [-0.2, 0) is 6.42 Å². The van der Waals surface area contributed by atoms with Crippen molar-refractivity contribution in [2.24, 2.45) is 5.73 Å². The smallest absolute Gasteiger partial charge is 0.160 e. The molecule has 0 atom stereocenters. The van der Waals surface area contributed by atoms with Crippen molar-refractivity contribution in [2.75, 3.05) is 20.8 Å². The van der Waals surface area contributed by atoms with Crippen LogP contribution < -0.4 is 15.2 Å². The average Bonchev–Trinajstić information content (AvgIpc) is 2.35. The quantitative estimate of drug-likeness (QED) is 0.834. The Kier molecular flexibility index (Phi) is 4.79. The van der Waals surface area contributed by atoms with Crippen molar-refractivity contribution in [1.29, 1.82) is 0 Å². The lowest BCUT2D eigenvalue weighted by Crippen LogP contribution is -2.05. The van der Waals surface area contributed by atoms with E-state index in [1.807, 2.05) is 12.1 Å². The average molecular weight is 225 g/mol. The van der Waals surface area contributed by atoms with Crippen LogP contribution in [0.5, 0.6) is 11.5 Å². The van der Waals surface area contributed by atoms with Gasteiger partial charge in [0.1, 0.15) is 0 Å². The molecule has 0 aliphatic rings. The molecule has 2 N–H and O–H groups in total. The van der Waals surface area contributed by atoms with E-state index in [0.29, 0.717) is 29.8 Å². The number of benzene rings is 1. The molecule has 0 unspecified atom stereocenters. The summed E-state index contributed by atoms with van der Waals surface area (Å²) in [4.78, 5) is 0. The molecule has 88 valence electrons. The second-order valence-electron chi connectivity index (χ2n) is 3.34. The van der Waals surface area contributed by atoms with Gasteiger partial charge in [-0.3, -0.25) is 0 Å². The number of rotatable bonds is 5. The molecule has 0 aliphatic heterocycles. The van der Waals surface area contributed by atoms with E-state index in [0.717, 1.165) is 5.56 Å². The number of hydrogen-bond acceptors (Lipinski definition) is 3. The molecule has 0 amide bonds. The van der Waals surface area contributed by atoms with Crippen LogP contribution in [0, 0.1) is 0 Å². The Labute approximate surface area is 94.7 Å². The van der Waals surface area contributed by atoms with E-state index in [2.05, 4.69) is 0 Å². The molecule has 0 aromatic heterocycles. The first-order valence-electron chi connectivity index (χ1n) is 4.94. The molecule has 0 saturated heterocycles. The molecule has 1 aromatic rings. The van der Waals surface area contributed by atoms with Gasteiger partial charge in [0.15, 0.2) is 11.5 Å². The molecule has 1 rings (SSSR count). The topological polar surface area (TPSA) is 44.5 Å². The van der Waals surface area contributed by atoms with Crippen LogP contribution in [0.2, 0.25) is 0 Å². The fraction of sp³-hybridized carbons (Fsp3) is 0.333. The lowest BCUT2D eigenvalue weighted by molar-refractivity contribution is 0.354. The number of nitrogens with two attached hydrogens (primary N) is 1. The molecule has 1 aromatic carbocycles. The molecule has 0 radical (unpaired) electrons. The number of methoxy groups -OCH3 is 2. The molecule has 0 saturated carbocycles. The first kappa shape index (κ1) is 12.5. The summed E-state index contributed by atoms with van der Waals surface area (Å²) in [5.41, 5.74) is 6.88. The summed E-state index contributed by atoms with van der Waals surface area (Å²) in [5, 5.41) is 0. The minimum atomic E-state index is 0.213. The highest BCUT2D eigenvalue weighted by atomic mass is 19.1. The van der Waals surface area contributed by atoms with Gasteiger partial charge in [-0.25, -0.2) is 4.39 Å². The van der Waals surface area contributed by atoms with Crippen LogP contribution in [0.1, 0.15) is 5.56 Å². The van der Waals surface area contributed by atoms with E-state index in [-0.39, 0.29) is 6.54 Å². The molecule has 0 spiro atoms. The molecular weight excluding hydrogens is 209 g/mol. The highest BCUT2D eigenvalue weighted by Crippen LogP contribution is 2.28. The van der Waals surface area contributed by atoms with Crippen LogP contribution in [0.4, 0.5) is 4.39 Å². The Morgan fingerprint density at radius 3 is 2.50 bits per heavy atom. The van der Waals surface area contributed by atoms with E-state index >= 15 is 0 Å². The summed E-state index contributed by atoms with van der Waals surface area (Å²) >= 11 is 0. The zero-order valence-electron chi connectivity index (χ0n) is 9.50. The summed E-state index contributed by atoms with van der Waals surface area (Å²) in [6.45, 7) is 0.213. The van der Waals surface area contributed by atoms with Crippen molar-refractivity contribution in [1.82, 2.24) is 0 Å². The summed E-state index contributed by atoms with van der Waals surface area (Å²) < 4.78 is 22.6. The highest BCUT2D eigenvalue weighted by Gasteiger charge is 2.05. The minimum absolute atomic E-state index is 0.213. The number of halogens is 1. The van der Waals surface area contributed by atoms with Gasteiger partial charge in [-0.15, -0.1) is 0 Å². The predicted molar refractivity (Wildman–Crippen MR) is 61.5 cm³/mol. The van der Waals surface area contributed by atoms with Gasteiger partial charge in [-0.05, 0) is 29.7 Å². The molecule has 0 fully saturated rings. The Bertz CT molecular complexity index is 377. The fourth-order valence-corrected chi connectivity index (χ4v) is 1.41. The van der Waals surface area contributed by atoms with Crippen molar-refractivity contribution in [3.8, 4) is 11.5 Å². The Morgan fingerprint density at radius 1 is 1.31 bits per heavy atom. The van der Waals surface area contributed by atoms with Crippen molar-refractivity contribution < 1.29 is 13.9 Å². The van der Waals surface area contributed by atoms with Gasteiger partial charge in [0.25, 0.3) is 0 Å². The van der Waals surface area contributed by atoms with Crippen LogP contribution in [0.25, 0.3) is 0 Å². The van der Waals surface area contributed by atoms with Gasteiger partial charge in [0, 0.05) is 6.54 Å². The fourth-order valence-electron chi connectivity index (χ4n) is 1.41. The zero-order valence-corrected chi connectivity index (χ0v) is 9.50. The van der Waals surface area contributed by atoms with Crippen molar-refractivity contribution in [3.05, 3.63) is 35.7 Å². The zero-order chi connectivity index (χ0) is 12.0. The van der Waals surface area contributed by atoms with Crippen molar-refractivity contribution in [3.63, 3.8) is 0 Å². The summed E-state index contributed by atoms with van der Waals surface area (Å²) in [7, 11) is 3.14. The van der Waals surface area contributed by atoms with Crippen LogP contribution in [0.15, 0.2) is 30.1 Å². The Morgan fingerprint density at radius 2 is 2.00 bits per heavy atom. The predicted octanol–water partition coefficient (Wildman–Crippen LogP) is 2.06. The maximum atomic E-state index is 12.4. The maximum Gasteiger partial charge on any atom is 0.160 e. The molecule has 3 nitrogen and oxygen atoms in total. The summed E-state index contributed by atoms with van der Waals surface area (Å²) in [6, 6.07) is 5.47. The van der Waals surface area contributed by atoms with Crippen LogP contribution in [0.3, 0.4) is 0 Å². The summed E-state index contributed by atoms with van der Waals surface area (Å²) in [6.07, 6.45) is 1.03. The number of hydrogen-bond donors (Lipinski definition) is 1. The van der Waals surface area contributed by atoms with Gasteiger partial charge in [-0.2, -0.15) is 0 Å². The SMILES string of the molecule is COc1ccc(CC(=CF)CN)cc1OC. The normalized spacial score (nSPS) is 11.4. The van der Waals surface area contributed by atoms with E-state index in [1.165, 1.54) is 0 Å². The molecule has 0 aliphatic carbocycles. The first-order valence-corrected chi connectivity index (χ1v) is 4.94. The van der Waals surface area contributed by atoms with Gasteiger partial charge < -0.3 is 15.2 Å². The van der Waals surface area contributed by atoms with Gasteiger partial charge in [0.05, 0.1) is 20.5 Å². The molecule has 4 heteroatoms. The van der Waals surface area contributed by atoms with E-state index in [1.54, 1.807) is 20.3 Å². The molecule has 16 heavy (non-hydrogen) atoms. The monoisotopic (exact) mass is 225 g/mol. The van der Waals surface area contributed by atoms with Crippen molar-refractivity contribution >= 4 is 0 Å². The third-order valence-corrected chi connectivity index (χ3v) is 2.30. The lowest BCUT2D eigenvalue weighted by atomic mass is 10.1. The number of ether oxygens (including phenoxy) is 2. The third-order valence-electron chi connectivity index (χ3n) is 2.30. The van der Waals surface area contributed by atoms with Crippen LogP contribution in [-0.4, -0.2) is 20.8 Å². The van der Waals surface area contributed by atoms with Gasteiger partial charge >= 0.3 is 0 Å². The second kappa shape index (κ2) is 6.12. The maximum absolute atomic E-state index is 12.4. The summed E-state index contributed by atoms with van der Waals surface area (Å²) in [5.74, 6) is 1.29. The standard InChI is InChI=1S/C12H16FNO2/c1-15-11-4-3-9(6-12(11)16-2)5-10(7-13)8-14/h3-4,6-7H,5,8,14H2,1-2H3. The molecular formula is C12H16FNO2. The van der Waals surface area contributed by atoms with Gasteiger partial charge in [0.2, 0.25) is 0 Å². The lowest BCUT2D eigenvalue weighted by Gasteiger charge is -2.10. The van der Waals surface area contributed by atoms with Crippen molar-refractivity contribution in [2.45, 2.75) is 6.42 Å². The highest BCUT2D eigenvalue weighted by molar-refractivity contribution is 5.43. The molecule has 0 bridgehead atoms. The van der Waals surface area contributed by atoms with E-state index < -0.39 is 0 Å². The van der Waals surface area contributed by atoms with E-state index in [9.17, 15) is 4.39 Å². The molecule has 0 heterocycles.